The van der Waals surface area contributed by atoms with E-state index >= 15 is 0 Å². The maximum absolute atomic E-state index is 12.9. The Morgan fingerprint density at radius 2 is 1.42 bits per heavy atom. The van der Waals surface area contributed by atoms with Gasteiger partial charge in [0.05, 0.1) is 6.21 Å². The van der Waals surface area contributed by atoms with E-state index < -0.39 is 0 Å². The summed E-state index contributed by atoms with van der Waals surface area (Å²) in [4.78, 5) is 12.9. The Bertz CT molecular complexity index is 958. The van der Waals surface area contributed by atoms with E-state index in [0.717, 1.165) is 16.7 Å². The number of benzene rings is 3. The van der Waals surface area contributed by atoms with Gasteiger partial charge in [-0.1, -0.05) is 84.4 Å². The summed E-state index contributed by atoms with van der Waals surface area (Å²) >= 11 is 0. The Hall–Kier alpha value is -3.33. The molecule has 0 aromatic heterocycles. The first-order valence-electron chi connectivity index (χ1n) is 8.48. The molecule has 0 heterocycles. The molecule has 3 aromatic carbocycles. The summed E-state index contributed by atoms with van der Waals surface area (Å²) in [6.45, 7) is 4.09. The summed E-state index contributed by atoms with van der Waals surface area (Å²) < 4.78 is 0. The number of carbonyl (C=O) groups excluding carboxylic acids is 1. The Labute approximate surface area is 153 Å². The summed E-state index contributed by atoms with van der Waals surface area (Å²) in [5.41, 5.74) is 4.99. The van der Waals surface area contributed by atoms with E-state index in [-0.39, 0.29) is 5.78 Å². The van der Waals surface area contributed by atoms with Crippen molar-refractivity contribution in [1.82, 2.24) is 0 Å². The van der Waals surface area contributed by atoms with Crippen LogP contribution in [0.4, 0.5) is 0 Å². The fourth-order valence-electron chi connectivity index (χ4n) is 2.68. The van der Waals surface area contributed by atoms with Crippen molar-refractivity contribution in [3.05, 3.63) is 107 Å². The van der Waals surface area contributed by atoms with E-state index in [2.05, 4.69) is 23.2 Å². The van der Waals surface area contributed by atoms with Crippen LogP contribution < -0.4 is 0 Å². The van der Waals surface area contributed by atoms with Crippen molar-refractivity contribution in [3.63, 3.8) is 0 Å². The molecular formula is C23H20N2O. The van der Waals surface area contributed by atoms with Crippen LogP contribution in [0, 0.1) is 13.8 Å². The summed E-state index contributed by atoms with van der Waals surface area (Å²) in [6, 6.07) is 24.7. The van der Waals surface area contributed by atoms with Crippen molar-refractivity contribution in [2.24, 2.45) is 10.2 Å². The van der Waals surface area contributed by atoms with Gasteiger partial charge in [-0.05, 0) is 25.0 Å². The summed E-state index contributed by atoms with van der Waals surface area (Å²) in [5, 5.41) is 8.46. The van der Waals surface area contributed by atoms with E-state index in [9.17, 15) is 4.79 Å². The number of carbonyl (C=O) groups is 1. The van der Waals surface area contributed by atoms with E-state index in [4.69, 9.17) is 0 Å². The molecule has 128 valence electrons. The molecule has 3 nitrogen and oxygen atoms in total. The van der Waals surface area contributed by atoms with Crippen LogP contribution >= 0.6 is 0 Å². The number of nitrogens with zero attached hydrogens (tertiary/aromatic N) is 2. The molecule has 0 saturated heterocycles. The molecule has 0 saturated carbocycles. The van der Waals surface area contributed by atoms with Crippen molar-refractivity contribution in [2.75, 3.05) is 0 Å². The second kappa shape index (κ2) is 8.17. The highest BCUT2D eigenvalue weighted by Gasteiger charge is 2.15. The van der Waals surface area contributed by atoms with Gasteiger partial charge in [0.2, 0.25) is 5.78 Å². The lowest BCUT2D eigenvalue weighted by molar-refractivity contribution is 0.106. The average molecular weight is 340 g/mol. The summed E-state index contributed by atoms with van der Waals surface area (Å²) in [6.07, 6.45) is 1.69. The summed E-state index contributed by atoms with van der Waals surface area (Å²) in [5.74, 6) is -0.144. The average Bonchev–Trinajstić information content (AvgIpc) is 2.67. The predicted octanol–water partition coefficient (Wildman–Crippen LogP) is 5.01. The molecule has 3 rings (SSSR count). The number of hydrogen-bond donors (Lipinski definition) is 0. The molecule has 0 bridgehead atoms. The van der Waals surface area contributed by atoms with Crippen LogP contribution in [-0.2, 0) is 0 Å². The SMILES string of the molecule is Cc1ccc(C=NN=C(C(=O)c2ccccc2)c2ccccc2)c(C)c1. The Morgan fingerprint density at radius 1 is 0.808 bits per heavy atom. The Morgan fingerprint density at radius 3 is 2.04 bits per heavy atom. The van der Waals surface area contributed by atoms with Gasteiger partial charge >= 0.3 is 0 Å². The quantitative estimate of drug-likeness (QED) is 0.366. The molecule has 0 aliphatic rings. The summed E-state index contributed by atoms with van der Waals surface area (Å²) in [7, 11) is 0. The molecule has 0 fully saturated rings. The smallest absolute Gasteiger partial charge is 0.213 e. The van der Waals surface area contributed by atoms with Gasteiger partial charge in [0, 0.05) is 11.1 Å². The van der Waals surface area contributed by atoms with Crippen LogP contribution in [0.3, 0.4) is 0 Å². The first-order chi connectivity index (χ1) is 12.6. The minimum atomic E-state index is -0.144. The van der Waals surface area contributed by atoms with Crippen molar-refractivity contribution in [1.29, 1.82) is 0 Å². The molecule has 3 aromatic rings. The number of rotatable bonds is 5. The first-order valence-corrected chi connectivity index (χ1v) is 8.48. The molecule has 0 atom stereocenters. The van der Waals surface area contributed by atoms with Gasteiger partial charge in [0.25, 0.3) is 0 Å². The normalized spacial score (nSPS) is 11.7. The fraction of sp³-hybridized carbons (Fsp3) is 0.0870. The molecule has 0 aliphatic carbocycles. The van der Waals surface area contributed by atoms with Gasteiger partial charge in [0.15, 0.2) is 0 Å². The van der Waals surface area contributed by atoms with Crippen LogP contribution in [0.5, 0.6) is 0 Å². The first kappa shape index (κ1) is 17.5. The minimum Gasteiger partial charge on any atom is -0.287 e. The molecule has 0 aliphatic heterocycles. The van der Waals surface area contributed by atoms with Gasteiger partial charge in [-0.3, -0.25) is 4.79 Å². The molecule has 26 heavy (non-hydrogen) atoms. The third-order valence-corrected chi connectivity index (χ3v) is 4.08. The van der Waals surface area contributed by atoms with Gasteiger partial charge in [-0.15, -0.1) is 5.10 Å². The van der Waals surface area contributed by atoms with Gasteiger partial charge in [0.1, 0.15) is 5.71 Å². The molecule has 3 heteroatoms. The van der Waals surface area contributed by atoms with E-state index in [1.807, 2.05) is 67.6 Å². The molecular weight excluding hydrogens is 320 g/mol. The maximum atomic E-state index is 12.9. The van der Waals surface area contributed by atoms with E-state index in [1.165, 1.54) is 5.56 Å². The standard InChI is InChI=1S/C23H20N2O/c1-17-13-14-21(18(2)15-17)16-24-25-22(19-9-5-3-6-10-19)23(26)20-11-7-4-8-12-20/h3-16H,1-2H3. The zero-order valence-corrected chi connectivity index (χ0v) is 14.9. The number of Topliss-reactive ketones (excluding diaryl/α,β-unsaturated/α-hetero) is 1. The predicted molar refractivity (Wildman–Crippen MR) is 107 cm³/mol. The lowest BCUT2D eigenvalue weighted by Gasteiger charge is -2.05. The van der Waals surface area contributed by atoms with Crippen LogP contribution in [0.15, 0.2) is 89.1 Å². The van der Waals surface area contributed by atoms with Crippen molar-refractivity contribution >= 4 is 17.7 Å². The number of aryl methyl sites for hydroxylation is 2. The van der Waals surface area contributed by atoms with Gasteiger partial charge < -0.3 is 0 Å². The van der Waals surface area contributed by atoms with Crippen LogP contribution in [0.1, 0.15) is 32.6 Å². The Kier molecular flexibility index (Phi) is 5.49. The topological polar surface area (TPSA) is 41.8 Å². The van der Waals surface area contributed by atoms with Crippen molar-refractivity contribution in [3.8, 4) is 0 Å². The van der Waals surface area contributed by atoms with Crippen molar-refractivity contribution in [2.45, 2.75) is 13.8 Å². The largest absolute Gasteiger partial charge is 0.287 e. The highest BCUT2D eigenvalue weighted by atomic mass is 16.1. The monoisotopic (exact) mass is 340 g/mol. The Balaban J connectivity index is 1.96. The lowest BCUT2D eigenvalue weighted by atomic mass is 10.0. The maximum Gasteiger partial charge on any atom is 0.213 e. The van der Waals surface area contributed by atoms with Crippen LogP contribution in [0.2, 0.25) is 0 Å². The third kappa shape index (κ3) is 4.19. The third-order valence-electron chi connectivity index (χ3n) is 4.08. The molecule has 0 spiro atoms. The van der Waals surface area contributed by atoms with Crippen molar-refractivity contribution < 1.29 is 4.79 Å². The fourth-order valence-corrected chi connectivity index (χ4v) is 2.68. The van der Waals surface area contributed by atoms with E-state index in [0.29, 0.717) is 11.3 Å². The second-order valence-corrected chi connectivity index (χ2v) is 6.11. The second-order valence-electron chi connectivity index (χ2n) is 6.11. The van der Waals surface area contributed by atoms with Gasteiger partial charge in [-0.2, -0.15) is 5.10 Å². The number of hydrogen-bond acceptors (Lipinski definition) is 3. The molecule has 0 amide bonds. The molecule has 0 unspecified atom stereocenters. The number of ketones is 1. The van der Waals surface area contributed by atoms with Crippen LogP contribution in [0.25, 0.3) is 0 Å². The van der Waals surface area contributed by atoms with Crippen LogP contribution in [-0.4, -0.2) is 17.7 Å². The highest BCUT2D eigenvalue weighted by molar-refractivity contribution is 6.51. The molecule has 0 radical (unpaired) electrons. The minimum absolute atomic E-state index is 0.144. The van der Waals surface area contributed by atoms with Gasteiger partial charge in [-0.25, -0.2) is 0 Å². The lowest BCUT2D eigenvalue weighted by Crippen LogP contribution is -2.15. The highest BCUT2D eigenvalue weighted by Crippen LogP contribution is 2.11. The molecule has 0 N–H and O–H groups in total. The zero-order chi connectivity index (χ0) is 18.4. The zero-order valence-electron chi connectivity index (χ0n) is 14.9. The van der Waals surface area contributed by atoms with E-state index in [1.54, 1.807) is 18.3 Å².